The van der Waals surface area contributed by atoms with Crippen LogP contribution < -0.4 is 5.32 Å². The van der Waals surface area contributed by atoms with Crippen LogP contribution in [0.3, 0.4) is 0 Å². The minimum Gasteiger partial charge on any atom is -0.352 e. The largest absolute Gasteiger partial charge is 0.352 e. The molecule has 90 valence electrons. The molecule has 0 bridgehead atoms. The van der Waals surface area contributed by atoms with Crippen LogP contribution in [0.2, 0.25) is 0 Å². The number of carbonyl (C=O) groups is 1. The highest BCUT2D eigenvalue weighted by Crippen LogP contribution is 2.05. The molecule has 1 N–H and O–H groups in total. The molecule has 0 heterocycles. The van der Waals surface area contributed by atoms with E-state index >= 15 is 0 Å². The van der Waals surface area contributed by atoms with E-state index in [2.05, 4.69) is 25.2 Å². The smallest absolute Gasteiger partial charge is 0.251 e. The summed E-state index contributed by atoms with van der Waals surface area (Å²) in [7, 11) is 0. The molecule has 1 amide bonds. The van der Waals surface area contributed by atoms with Crippen molar-refractivity contribution >= 4 is 5.91 Å². The van der Waals surface area contributed by atoms with E-state index in [1.54, 1.807) is 12.1 Å². The molecule has 0 spiro atoms. The minimum atomic E-state index is -0.0471. The molecule has 0 fully saturated rings. The molecule has 0 saturated carbocycles. The summed E-state index contributed by atoms with van der Waals surface area (Å²) in [6.07, 6.45) is 1.37. The van der Waals surface area contributed by atoms with E-state index in [0.717, 1.165) is 12.0 Å². The van der Waals surface area contributed by atoms with Gasteiger partial charge in [0.2, 0.25) is 0 Å². The number of hydrogen-bond acceptors (Lipinski definition) is 2. The molecule has 0 saturated heterocycles. The van der Waals surface area contributed by atoms with E-state index in [9.17, 15) is 4.79 Å². The van der Waals surface area contributed by atoms with E-state index in [-0.39, 0.29) is 5.91 Å². The lowest BCUT2D eigenvalue weighted by molar-refractivity contribution is 0.0952. The minimum absolute atomic E-state index is 0.0471. The number of nitrogens with one attached hydrogen (secondary N) is 1. The molecule has 1 rings (SSSR count). The zero-order valence-corrected chi connectivity index (χ0v) is 10.4. The van der Waals surface area contributed by atoms with Gasteiger partial charge in [0.15, 0.2) is 0 Å². The van der Waals surface area contributed by atoms with Gasteiger partial charge < -0.3 is 5.32 Å². The first-order valence-corrected chi connectivity index (χ1v) is 5.87. The maximum Gasteiger partial charge on any atom is 0.251 e. The van der Waals surface area contributed by atoms with Gasteiger partial charge in [-0.15, -0.1) is 0 Å². The Kier molecular flexibility index (Phi) is 5.22. The summed E-state index contributed by atoms with van der Waals surface area (Å²) in [4.78, 5) is 11.7. The number of amides is 1. The van der Waals surface area contributed by atoms with Gasteiger partial charge in [-0.3, -0.25) is 4.79 Å². The molecule has 17 heavy (non-hydrogen) atoms. The first-order chi connectivity index (χ1) is 8.13. The monoisotopic (exact) mass is 230 g/mol. The van der Waals surface area contributed by atoms with Crippen molar-refractivity contribution in [1.29, 1.82) is 5.26 Å². The summed E-state index contributed by atoms with van der Waals surface area (Å²) in [5.41, 5.74) is 1.58. The van der Waals surface area contributed by atoms with Crippen LogP contribution in [0.15, 0.2) is 24.3 Å². The predicted octanol–water partition coefficient (Wildman–Crippen LogP) is 2.53. The Hall–Kier alpha value is -1.82. The number of benzene rings is 1. The summed E-state index contributed by atoms with van der Waals surface area (Å²) in [6, 6.07) is 9.24. The zero-order chi connectivity index (χ0) is 12.7. The van der Waals surface area contributed by atoms with E-state index in [1.165, 1.54) is 0 Å². The Balaban J connectivity index is 2.49. The quantitative estimate of drug-likeness (QED) is 0.845. The molecule has 0 aliphatic rings. The first-order valence-electron chi connectivity index (χ1n) is 5.87. The van der Waals surface area contributed by atoms with E-state index in [1.807, 2.05) is 12.1 Å². The van der Waals surface area contributed by atoms with Gasteiger partial charge in [0.25, 0.3) is 5.91 Å². The van der Waals surface area contributed by atoms with Crippen LogP contribution in [-0.2, 0) is 6.42 Å². The van der Waals surface area contributed by atoms with Crippen LogP contribution in [0.1, 0.15) is 36.2 Å². The lowest BCUT2D eigenvalue weighted by Crippen LogP contribution is -2.25. The van der Waals surface area contributed by atoms with E-state index in [0.29, 0.717) is 24.4 Å². The second-order valence-electron chi connectivity index (χ2n) is 4.47. The van der Waals surface area contributed by atoms with Crippen molar-refractivity contribution in [2.45, 2.75) is 26.7 Å². The van der Waals surface area contributed by atoms with Crippen molar-refractivity contribution in [1.82, 2.24) is 5.32 Å². The Morgan fingerprint density at radius 2 is 2.00 bits per heavy atom. The fraction of sp³-hybridized carbons (Fsp3) is 0.429. The second kappa shape index (κ2) is 6.70. The highest BCUT2D eigenvalue weighted by Gasteiger charge is 2.04. The topological polar surface area (TPSA) is 52.9 Å². The van der Waals surface area contributed by atoms with Crippen molar-refractivity contribution in [3.8, 4) is 6.07 Å². The molecule has 3 nitrogen and oxygen atoms in total. The summed E-state index contributed by atoms with van der Waals surface area (Å²) in [6.45, 7) is 4.96. The summed E-state index contributed by atoms with van der Waals surface area (Å²) < 4.78 is 0. The molecule has 0 aromatic heterocycles. The summed E-state index contributed by atoms with van der Waals surface area (Å²) in [5, 5.41) is 11.4. The highest BCUT2D eigenvalue weighted by atomic mass is 16.1. The van der Waals surface area contributed by atoms with Crippen molar-refractivity contribution < 1.29 is 4.79 Å². The molecule has 3 heteroatoms. The van der Waals surface area contributed by atoms with Crippen LogP contribution in [0, 0.1) is 17.2 Å². The summed E-state index contributed by atoms with van der Waals surface area (Å²) in [5.74, 6) is 0.544. The van der Waals surface area contributed by atoms with Crippen LogP contribution in [-0.4, -0.2) is 12.5 Å². The normalized spacial score (nSPS) is 10.0. The molecular weight excluding hydrogens is 212 g/mol. The third kappa shape index (κ3) is 4.69. The molecule has 1 aromatic carbocycles. The van der Waals surface area contributed by atoms with Crippen LogP contribution in [0.25, 0.3) is 0 Å². The van der Waals surface area contributed by atoms with Gasteiger partial charge in [-0.25, -0.2) is 0 Å². The fourth-order valence-corrected chi connectivity index (χ4v) is 1.44. The molecule has 1 aromatic rings. The Morgan fingerprint density at radius 1 is 1.35 bits per heavy atom. The molecule has 0 aliphatic carbocycles. The van der Waals surface area contributed by atoms with Crippen LogP contribution in [0.5, 0.6) is 0 Å². The van der Waals surface area contributed by atoms with Crippen LogP contribution >= 0.6 is 0 Å². The number of nitrogens with zero attached hydrogens (tertiary/aromatic N) is 1. The molecular formula is C14H18N2O. The Bertz CT molecular complexity index is 401. The van der Waals surface area contributed by atoms with Crippen molar-refractivity contribution in [3.63, 3.8) is 0 Å². The number of rotatable bonds is 5. The summed E-state index contributed by atoms with van der Waals surface area (Å²) >= 11 is 0. The molecule has 0 radical (unpaired) electrons. The van der Waals surface area contributed by atoms with Crippen molar-refractivity contribution in [2.75, 3.05) is 6.54 Å². The van der Waals surface area contributed by atoms with Crippen molar-refractivity contribution in [2.24, 2.45) is 5.92 Å². The molecule has 0 unspecified atom stereocenters. The van der Waals surface area contributed by atoms with Gasteiger partial charge in [0.1, 0.15) is 0 Å². The molecule has 0 aliphatic heterocycles. The average Bonchev–Trinajstić information content (AvgIpc) is 2.30. The third-order valence-electron chi connectivity index (χ3n) is 2.51. The molecule has 0 atom stereocenters. The van der Waals surface area contributed by atoms with Gasteiger partial charge in [-0.2, -0.15) is 5.26 Å². The van der Waals surface area contributed by atoms with Gasteiger partial charge in [0, 0.05) is 12.1 Å². The predicted molar refractivity (Wildman–Crippen MR) is 67.5 cm³/mol. The van der Waals surface area contributed by atoms with Gasteiger partial charge >= 0.3 is 0 Å². The fourth-order valence-electron chi connectivity index (χ4n) is 1.44. The Labute approximate surface area is 102 Å². The maximum absolute atomic E-state index is 11.7. The first kappa shape index (κ1) is 13.2. The lowest BCUT2D eigenvalue weighted by atomic mass is 10.1. The maximum atomic E-state index is 11.7. The van der Waals surface area contributed by atoms with Gasteiger partial charge in [0.05, 0.1) is 12.5 Å². The lowest BCUT2D eigenvalue weighted by Gasteiger charge is -2.07. The van der Waals surface area contributed by atoms with Gasteiger partial charge in [-0.05, 0) is 30.0 Å². The SMILES string of the molecule is CC(C)CCNC(=O)c1ccc(CC#N)cc1. The highest BCUT2D eigenvalue weighted by molar-refractivity contribution is 5.94. The number of nitriles is 1. The van der Waals surface area contributed by atoms with Crippen LogP contribution in [0.4, 0.5) is 0 Å². The van der Waals surface area contributed by atoms with Crippen molar-refractivity contribution in [3.05, 3.63) is 35.4 Å². The van der Waals surface area contributed by atoms with E-state index < -0.39 is 0 Å². The Morgan fingerprint density at radius 3 is 2.53 bits per heavy atom. The third-order valence-corrected chi connectivity index (χ3v) is 2.51. The zero-order valence-electron chi connectivity index (χ0n) is 10.4. The van der Waals surface area contributed by atoms with Gasteiger partial charge in [-0.1, -0.05) is 26.0 Å². The number of hydrogen-bond donors (Lipinski definition) is 1. The average molecular weight is 230 g/mol. The standard InChI is InChI=1S/C14H18N2O/c1-11(2)8-10-16-14(17)13-5-3-12(4-6-13)7-9-15/h3-6,11H,7-8,10H2,1-2H3,(H,16,17). The number of carbonyl (C=O) groups excluding carboxylic acids is 1. The second-order valence-corrected chi connectivity index (χ2v) is 4.47. The van der Waals surface area contributed by atoms with E-state index in [4.69, 9.17) is 5.26 Å².